The lowest BCUT2D eigenvalue weighted by Gasteiger charge is -2.42. The van der Waals surface area contributed by atoms with Crippen LogP contribution in [0.3, 0.4) is 0 Å². The van der Waals surface area contributed by atoms with Gasteiger partial charge in [-0.1, -0.05) is 41.9 Å². The van der Waals surface area contributed by atoms with Gasteiger partial charge in [0.15, 0.2) is 16.7 Å². The third-order valence-corrected chi connectivity index (χ3v) is 5.05. The highest BCUT2D eigenvalue weighted by Crippen LogP contribution is 2.32. The molecule has 1 fully saturated rings. The van der Waals surface area contributed by atoms with Gasteiger partial charge in [-0.05, 0) is 12.5 Å². The fourth-order valence-corrected chi connectivity index (χ4v) is 3.71. The zero-order valence-electron chi connectivity index (χ0n) is 16.4. The summed E-state index contributed by atoms with van der Waals surface area (Å²) < 4.78 is 43.7. The van der Waals surface area contributed by atoms with Crippen molar-refractivity contribution in [1.82, 2.24) is 14.9 Å². The third-order valence-electron chi connectivity index (χ3n) is 4.80. The zero-order valence-corrected chi connectivity index (χ0v) is 17.2. The lowest BCUT2D eigenvalue weighted by atomic mass is 10.1. The van der Waals surface area contributed by atoms with Crippen molar-refractivity contribution in [3.05, 3.63) is 52.9 Å². The van der Waals surface area contributed by atoms with E-state index in [1.807, 2.05) is 30.3 Å². The molecule has 6 nitrogen and oxygen atoms in total. The number of hydrogen-bond donors (Lipinski definition) is 0. The molecule has 3 rings (SSSR count). The van der Waals surface area contributed by atoms with Crippen molar-refractivity contribution in [3.8, 4) is 0 Å². The predicted octanol–water partition coefficient (Wildman–Crippen LogP) is 3.79. The highest BCUT2D eigenvalue weighted by Gasteiger charge is 2.36. The van der Waals surface area contributed by atoms with E-state index in [4.69, 9.17) is 16.3 Å². The lowest BCUT2D eigenvalue weighted by molar-refractivity contribution is -0.143. The van der Waals surface area contributed by atoms with Crippen LogP contribution < -0.4 is 4.90 Å². The molecule has 2 aromatic rings. The minimum Gasteiger partial charge on any atom is -0.466 e. The highest BCUT2D eigenvalue weighted by atomic mass is 35.5. The Labute approximate surface area is 177 Å². The van der Waals surface area contributed by atoms with Crippen molar-refractivity contribution < 1.29 is 22.7 Å². The molecule has 0 N–H and O–H groups in total. The van der Waals surface area contributed by atoms with Gasteiger partial charge in [0.2, 0.25) is 0 Å². The van der Waals surface area contributed by atoms with Crippen molar-refractivity contribution in [3.63, 3.8) is 0 Å². The van der Waals surface area contributed by atoms with Crippen LogP contribution in [0.5, 0.6) is 0 Å². The monoisotopic (exact) mass is 442 g/mol. The average Bonchev–Trinajstić information content (AvgIpc) is 2.69. The summed E-state index contributed by atoms with van der Waals surface area (Å²) >= 11 is 6.05. The van der Waals surface area contributed by atoms with E-state index in [-0.39, 0.29) is 36.0 Å². The molecule has 162 valence electrons. The molecule has 2 heterocycles. The van der Waals surface area contributed by atoms with Crippen molar-refractivity contribution in [1.29, 1.82) is 0 Å². The Balaban J connectivity index is 1.81. The van der Waals surface area contributed by atoms with Gasteiger partial charge in [0.25, 0.3) is 0 Å². The van der Waals surface area contributed by atoms with E-state index in [9.17, 15) is 18.0 Å². The van der Waals surface area contributed by atoms with Gasteiger partial charge >= 0.3 is 12.1 Å². The predicted molar refractivity (Wildman–Crippen MR) is 106 cm³/mol. The van der Waals surface area contributed by atoms with Gasteiger partial charge in [-0.3, -0.25) is 9.69 Å². The standard InChI is InChI=1S/C20H22ClF3N4O2/c1-2-30-17(29)10-15-13-27(12-14-6-4-3-5-7-14)8-9-28(15)19-18(21)26-16(11-25-19)20(22,23)24/h3-7,11,15H,2,8-10,12-13H2,1H3/t15-/m0/s1. The number of nitrogens with zero attached hydrogens (tertiary/aromatic N) is 4. The Morgan fingerprint density at radius 2 is 2.00 bits per heavy atom. The molecule has 0 saturated carbocycles. The van der Waals surface area contributed by atoms with Crippen LogP contribution in [0.2, 0.25) is 5.15 Å². The van der Waals surface area contributed by atoms with E-state index in [0.29, 0.717) is 32.4 Å². The minimum absolute atomic E-state index is 0.0676. The molecule has 0 amide bonds. The molecule has 0 radical (unpaired) electrons. The van der Waals surface area contributed by atoms with Crippen LogP contribution in [0, 0.1) is 0 Å². The van der Waals surface area contributed by atoms with Crippen LogP contribution >= 0.6 is 11.6 Å². The fraction of sp³-hybridized carbons (Fsp3) is 0.450. The molecular weight excluding hydrogens is 421 g/mol. The number of anilines is 1. The topological polar surface area (TPSA) is 58.6 Å². The molecule has 1 saturated heterocycles. The largest absolute Gasteiger partial charge is 0.466 e. The van der Waals surface area contributed by atoms with E-state index in [2.05, 4.69) is 14.9 Å². The number of carbonyl (C=O) groups excluding carboxylic acids is 1. The van der Waals surface area contributed by atoms with Crippen molar-refractivity contribution in [2.45, 2.75) is 32.1 Å². The SMILES string of the molecule is CCOC(=O)C[C@H]1CN(Cc2ccccc2)CCN1c1ncc(C(F)(F)F)nc1Cl. The fourth-order valence-electron chi connectivity index (χ4n) is 3.46. The van der Waals surface area contributed by atoms with Gasteiger partial charge in [0.05, 0.1) is 25.3 Å². The Morgan fingerprint density at radius 3 is 2.63 bits per heavy atom. The quantitative estimate of drug-likeness (QED) is 0.634. The van der Waals surface area contributed by atoms with Gasteiger partial charge in [0.1, 0.15) is 0 Å². The summed E-state index contributed by atoms with van der Waals surface area (Å²) in [5, 5.41) is -0.338. The zero-order chi connectivity index (χ0) is 21.7. The molecular formula is C20H22ClF3N4O2. The van der Waals surface area contributed by atoms with Crippen LogP contribution in [0.1, 0.15) is 24.6 Å². The number of benzene rings is 1. The third kappa shape index (κ3) is 5.60. The molecule has 1 aromatic carbocycles. The molecule has 1 atom stereocenters. The first-order valence-electron chi connectivity index (χ1n) is 9.56. The second-order valence-electron chi connectivity index (χ2n) is 6.94. The van der Waals surface area contributed by atoms with E-state index in [1.165, 1.54) is 0 Å². The summed E-state index contributed by atoms with van der Waals surface area (Å²) in [4.78, 5) is 23.4. The number of esters is 1. The van der Waals surface area contributed by atoms with E-state index >= 15 is 0 Å². The first-order chi connectivity index (χ1) is 14.3. The smallest absolute Gasteiger partial charge is 0.434 e. The minimum atomic E-state index is -4.63. The first kappa shape index (κ1) is 22.3. The van der Waals surface area contributed by atoms with Crippen LogP contribution in [-0.2, 0) is 22.3 Å². The van der Waals surface area contributed by atoms with Crippen LogP contribution in [-0.4, -0.2) is 53.1 Å². The number of carbonyl (C=O) groups is 1. The highest BCUT2D eigenvalue weighted by molar-refractivity contribution is 6.31. The van der Waals surface area contributed by atoms with Crippen LogP contribution in [0.25, 0.3) is 0 Å². The Hall–Kier alpha value is -2.39. The summed E-state index contributed by atoms with van der Waals surface area (Å²) in [7, 11) is 0. The van der Waals surface area contributed by atoms with Gasteiger partial charge in [-0.15, -0.1) is 0 Å². The van der Waals surface area contributed by atoms with Gasteiger partial charge < -0.3 is 9.64 Å². The van der Waals surface area contributed by atoms with E-state index in [0.717, 1.165) is 5.56 Å². The van der Waals surface area contributed by atoms with Crippen molar-refractivity contribution in [2.75, 3.05) is 31.1 Å². The maximum absolute atomic E-state index is 12.9. The molecule has 10 heteroatoms. The Morgan fingerprint density at radius 1 is 1.27 bits per heavy atom. The summed E-state index contributed by atoms with van der Waals surface area (Å²) in [5.41, 5.74) is -0.0194. The molecule has 30 heavy (non-hydrogen) atoms. The number of rotatable bonds is 6. The number of alkyl halides is 3. The molecule has 1 aliphatic rings. The molecule has 0 unspecified atom stereocenters. The average molecular weight is 443 g/mol. The second-order valence-corrected chi connectivity index (χ2v) is 7.30. The molecule has 1 aliphatic heterocycles. The summed E-state index contributed by atoms with van der Waals surface area (Å²) in [6.45, 7) is 4.24. The normalized spacial score (nSPS) is 17.8. The maximum Gasteiger partial charge on any atom is 0.434 e. The number of hydrogen-bond acceptors (Lipinski definition) is 6. The number of aromatic nitrogens is 2. The van der Waals surface area contributed by atoms with Gasteiger partial charge in [-0.25, -0.2) is 9.97 Å². The second kappa shape index (κ2) is 9.61. The maximum atomic E-state index is 12.9. The van der Waals surface area contributed by atoms with Gasteiger partial charge in [-0.2, -0.15) is 13.2 Å². The Kier molecular flexibility index (Phi) is 7.14. The first-order valence-corrected chi connectivity index (χ1v) is 9.94. The van der Waals surface area contributed by atoms with Crippen molar-refractivity contribution >= 4 is 23.4 Å². The summed E-state index contributed by atoms with van der Waals surface area (Å²) in [6, 6.07) is 9.54. The van der Waals surface area contributed by atoms with Gasteiger partial charge in [0, 0.05) is 26.2 Å². The van der Waals surface area contributed by atoms with E-state index < -0.39 is 11.9 Å². The van der Waals surface area contributed by atoms with E-state index in [1.54, 1.807) is 11.8 Å². The molecule has 0 aliphatic carbocycles. The summed E-state index contributed by atoms with van der Waals surface area (Å²) in [5.74, 6) is -0.247. The molecule has 1 aromatic heterocycles. The molecule has 0 spiro atoms. The Bertz CT molecular complexity index is 867. The molecule has 0 bridgehead atoms. The lowest BCUT2D eigenvalue weighted by Crippen LogP contribution is -2.54. The number of ether oxygens (including phenoxy) is 1. The van der Waals surface area contributed by atoms with Crippen molar-refractivity contribution in [2.24, 2.45) is 0 Å². The number of piperazine rings is 1. The van der Waals surface area contributed by atoms with Crippen LogP contribution in [0.15, 0.2) is 36.5 Å². The number of halogens is 4. The van der Waals surface area contributed by atoms with Crippen LogP contribution in [0.4, 0.5) is 19.0 Å². The summed E-state index contributed by atoms with van der Waals surface area (Å²) in [6.07, 6.45) is -3.90.